The maximum atomic E-state index is 12.5. The second kappa shape index (κ2) is 8.49. The molecule has 1 heterocycles. The number of imide groups is 1. The van der Waals surface area contributed by atoms with Crippen molar-refractivity contribution in [2.45, 2.75) is 19.3 Å². The van der Waals surface area contributed by atoms with Gasteiger partial charge in [0, 0.05) is 6.54 Å². The van der Waals surface area contributed by atoms with E-state index in [4.69, 9.17) is 4.74 Å². The summed E-state index contributed by atoms with van der Waals surface area (Å²) in [5, 5.41) is 2.25. The Bertz CT molecular complexity index is 1080. The molecule has 0 aliphatic carbocycles. The fourth-order valence-corrected chi connectivity index (χ4v) is 4.14. The molecule has 0 saturated heterocycles. The fourth-order valence-electron chi connectivity index (χ4n) is 4.14. The molecule has 5 nitrogen and oxygen atoms in total. The minimum atomic E-state index is -0.337. The van der Waals surface area contributed by atoms with Crippen LogP contribution in [0.1, 0.15) is 39.1 Å². The molecule has 3 aromatic rings. The predicted octanol–water partition coefficient (Wildman–Crippen LogP) is 4.25. The van der Waals surface area contributed by atoms with Gasteiger partial charge in [-0.3, -0.25) is 19.3 Å². The number of benzene rings is 3. The number of fused-ring (bicyclic) bond motifs is 2. The Morgan fingerprint density at radius 3 is 2.23 bits per heavy atom. The minimum Gasteiger partial charge on any atom is -0.469 e. The zero-order valence-electron chi connectivity index (χ0n) is 16.8. The van der Waals surface area contributed by atoms with Crippen LogP contribution >= 0.6 is 0 Å². The molecule has 5 heteroatoms. The van der Waals surface area contributed by atoms with Crippen LogP contribution in [0, 0.1) is 5.92 Å². The van der Waals surface area contributed by atoms with E-state index >= 15 is 0 Å². The van der Waals surface area contributed by atoms with Gasteiger partial charge >= 0.3 is 5.97 Å². The Kier molecular flexibility index (Phi) is 5.61. The van der Waals surface area contributed by atoms with Crippen molar-refractivity contribution in [3.8, 4) is 0 Å². The predicted molar refractivity (Wildman–Crippen MR) is 114 cm³/mol. The molecular weight excluding hydrogens is 378 g/mol. The summed E-state index contributed by atoms with van der Waals surface area (Å²) in [5.41, 5.74) is 1.98. The van der Waals surface area contributed by atoms with Gasteiger partial charge < -0.3 is 4.74 Å². The zero-order valence-corrected chi connectivity index (χ0v) is 16.8. The van der Waals surface area contributed by atoms with E-state index in [0.29, 0.717) is 30.4 Å². The third-order valence-electron chi connectivity index (χ3n) is 5.69. The number of hydrogen-bond acceptors (Lipinski definition) is 4. The van der Waals surface area contributed by atoms with Crippen LogP contribution < -0.4 is 0 Å². The first-order valence-electron chi connectivity index (χ1n) is 10.1. The molecule has 4 rings (SSSR count). The van der Waals surface area contributed by atoms with E-state index in [9.17, 15) is 14.4 Å². The van der Waals surface area contributed by atoms with Gasteiger partial charge in [0.15, 0.2) is 0 Å². The first-order chi connectivity index (χ1) is 14.6. The molecule has 1 unspecified atom stereocenters. The van der Waals surface area contributed by atoms with Gasteiger partial charge in [-0.1, -0.05) is 54.6 Å². The number of esters is 1. The Balaban J connectivity index is 1.45. The van der Waals surface area contributed by atoms with Crippen molar-refractivity contribution >= 4 is 28.6 Å². The third kappa shape index (κ3) is 3.71. The first-order valence-corrected chi connectivity index (χ1v) is 10.1. The van der Waals surface area contributed by atoms with Crippen LogP contribution in [0.15, 0.2) is 66.7 Å². The van der Waals surface area contributed by atoms with Gasteiger partial charge in [-0.2, -0.15) is 0 Å². The average Bonchev–Trinajstić information content (AvgIpc) is 3.03. The van der Waals surface area contributed by atoms with Crippen LogP contribution in [0.3, 0.4) is 0 Å². The van der Waals surface area contributed by atoms with Crippen molar-refractivity contribution in [2.24, 2.45) is 5.92 Å². The van der Waals surface area contributed by atoms with Gasteiger partial charge in [0.25, 0.3) is 11.8 Å². The minimum absolute atomic E-state index is 0.265. The maximum Gasteiger partial charge on any atom is 0.308 e. The van der Waals surface area contributed by atoms with Gasteiger partial charge in [-0.15, -0.1) is 0 Å². The fraction of sp³-hybridized carbons (Fsp3) is 0.240. The number of rotatable bonds is 7. The normalized spacial score (nSPS) is 14.1. The lowest BCUT2D eigenvalue weighted by molar-refractivity contribution is -0.145. The monoisotopic (exact) mass is 401 g/mol. The zero-order chi connectivity index (χ0) is 21.1. The van der Waals surface area contributed by atoms with Crippen LogP contribution in [0.25, 0.3) is 10.8 Å². The average molecular weight is 401 g/mol. The lowest BCUT2D eigenvalue weighted by atomic mass is 9.91. The number of nitrogens with zero attached hydrogens (tertiary/aromatic N) is 1. The molecule has 1 atom stereocenters. The molecular formula is C25H23NO4. The second-order valence-corrected chi connectivity index (χ2v) is 7.51. The molecule has 1 aliphatic heterocycles. The molecule has 2 amide bonds. The molecule has 0 fully saturated rings. The Hall–Kier alpha value is -3.47. The van der Waals surface area contributed by atoms with Crippen LogP contribution in [0.4, 0.5) is 0 Å². The van der Waals surface area contributed by atoms with Crippen molar-refractivity contribution < 1.29 is 19.1 Å². The summed E-state index contributed by atoms with van der Waals surface area (Å²) in [6, 6.07) is 21.0. The van der Waals surface area contributed by atoms with Gasteiger partial charge in [0.1, 0.15) is 0 Å². The summed E-state index contributed by atoms with van der Waals surface area (Å²) in [4.78, 5) is 38.7. The topological polar surface area (TPSA) is 63.7 Å². The van der Waals surface area contributed by atoms with E-state index in [1.54, 1.807) is 24.3 Å². The van der Waals surface area contributed by atoms with Crippen LogP contribution in [0.2, 0.25) is 0 Å². The number of ether oxygens (including phenoxy) is 1. The largest absolute Gasteiger partial charge is 0.469 e. The Morgan fingerprint density at radius 2 is 1.53 bits per heavy atom. The molecule has 30 heavy (non-hydrogen) atoms. The SMILES string of the molecule is COC(=O)C(CCCN1C(=O)c2ccccc2C1=O)Cc1cccc2ccccc12. The molecule has 3 aromatic carbocycles. The lowest BCUT2D eigenvalue weighted by Gasteiger charge is -2.18. The van der Waals surface area contributed by atoms with Crippen LogP contribution in [-0.2, 0) is 16.0 Å². The van der Waals surface area contributed by atoms with E-state index in [0.717, 1.165) is 16.3 Å². The highest BCUT2D eigenvalue weighted by atomic mass is 16.5. The summed E-state index contributed by atoms with van der Waals surface area (Å²) in [5.74, 6) is -1.14. The Labute approximate surface area is 175 Å². The van der Waals surface area contributed by atoms with E-state index < -0.39 is 0 Å². The van der Waals surface area contributed by atoms with Crippen molar-refractivity contribution in [1.82, 2.24) is 4.90 Å². The molecule has 0 radical (unpaired) electrons. The van der Waals surface area contributed by atoms with E-state index in [1.165, 1.54) is 12.0 Å². The van der Waals surface area contributed by atoms with Crippen LogP contribution in [0.5, 0.6) is 0 Å². The van der Waals surface area contributed by atoms with Crippen molar-refractivity contribution in [3.05, 3.63) is 83.4 Å². The highest BCUT2D eigenvalue weighted by Crippen LogP contribution is 2.26. The molecule has 0 aromatic heterocycles. The number of methoxy groups -OCH3 is 1. The Morgan fingerprint density at radius 1 is 0.900 bits per heavy atom. The number of amides is 2. The summed E-state index contributed by atoms with van der Waals surface area (Å²) in [7, 11) is 1.39. The smallest absolute Gasteiger partial charge is 0.308 e. The highest BCUT2D eigenvalue weighted by Gasteiger charge is 2.34. The van der Waals surface area contributed by atoms with Gasteiger partial charge in [-0.25, -0.2) is 0 Å². The van der Waals surface area contributed by atoms with E-state index in [-0.39, 0.29) is 30.2 Å². The van der Waals surface area contributed by atoms with Crippen molar-refractivity contribution in [2.75, 3.05) is 13.7 Å². The van der Waals surface area contributed by atoms with Crippen molar-refractivity contribution in [1.29, 1.82) is 0 Å². The van der Waals surface area contributed by atoms with Crippen molar-refractivity contribution in [3.63, 3.8) is 0 Å². The quantitative estimate of drug-likeness (QED) is 0.439. The molecule has 0 N–H and O–H groups in total. The molecule has 152 valence electrons. The van der Waals surface area contributed by atoms with Crippen LogP contribution in [-0.4, -0.2) is 36.3 Å². The molecule has 0 bridgehead atoms. The van der Waals surface area contributed by atoms with E-state index in [1.807, 2.05) is 36.4 Å². The van der Waals surface area contributed by atoms with E-state index in [2.05, 4.69) is 6.07 Å². The highest BCUT2D eigenvalue weighted by molar-refractivity contribution is 6.21. The first kappa shape index (κ1) is 19.8. The number of carbonyl (C=O) groups is 3. The summed E-state index contributed by atoms with van der Waals surface area (Å²) < 4.78 is 5.03. The maximum absolute atomic E-state index is 12.5. The van der Waals surface area contributed by atoms with Gasteiger partial charge in [0.05, 0.1) is 24.2 Å². The third-order valence-corrected chi connectivity index (χ3v) is 5.69. The standard InChI is InChI=1S/C25H23NO4/c1-30-25(29)19(16-18-10-6-9-17-8-2-3-12-20(17)18)11-7-15-26-23(27)21-13-4-5-14-22(21)24(26)28/h2-6,8-10,12-14,19H,7,11,15-16H2,1H3. The summed E-state index contributed by atoms with van der Waals surface area (Å²) >= 11 is 0. The number of hydrogen-bond donors (Lipinski definition) is 0. The molecule has 0 spiro atoms. The summed E-state index contributed by atoms with van der Waals surface area (Å²) in [6.07, 6.45) is 1.62. The van der Waals surface area contributed by atoms with Gasteiger partial charge in [-0.05, 0) is 47.7 Å². The summed E-state index contributed by atoms with van der Waals surface area (Å²) in [6.45, 7) is 0.287. The second-order valence-electron chi connectivity index (χ2n) is 7.51. The van der Waals surface area contributed by atoms with Gasteiger partial charge in [0.2, 0.25) is 0 Å². The number of carbonyl (C=O) groups excluding carboxylic acids is 3. The molecule has 1 aliphatic rings. The lowest BCUT2D eigenvalue weighted by Crippen LogP contribution is -2.31. The molecule has 0 saturated carbocycles.